The number of hydrogen-bond donors (Lipinski definition) is 2. The normalized spacial score (nSPS) is 23.0. The summed E-state index contributed by atoms with van der Waals surface area (Å²) in [7, 11) is 0. The lowest BCUT2D eigenvalue weighted by Crippen LogP contribution is -2.48. The molecule has 0 aromatic carbocycles. The molecular formula is C17H28N2O4. The minimum absolute atomic E-state index is 0.0209. The van der Waals surface area contributed by atoms with Crippen molar-refractivity contribution >= 4 is 17.8 Å². The summed E-state index contributed by atoms with van der Waals surface area (Å²) in [6.07, 6.45) is 5.72. The summed E-state index contributed by atoms with van der Waals surface area (Å²) in [4.78, 5) is 37.7. The molecule has 1 atom stereocenters. The third kappa shape index (κ3) is 4.24. The zero-order valence-electron chi connectivity index (χ0n) is 14.0. The maximum absolute atomic E-state index is 12.5. The van der Waals surface area contributed by atoms with Crippen LogP contribution in [0.1, 0.15) is 58.3 Å². The van der Waals surface area contributed by atoms with Crippen LogP contribution in [-0.4, -0.2) is 47.4 Å². The molecule has 130 valence electrons. The maximum atomic E-state index is 12.5. The largest absolute Gasteiger partial charge is 0.481 e. The van der Waals surface area contributed by atoms with Gasteiger partial charge in [0.25, 0.3) is 0 Å². The van der Waals surface area contributed by atoms with Crippen LogP contribution in [0, 0.1) is 11.3 Å². The molecule has 1 unspecified atom stereocenters. The number of aliphatic carboxylic acids is 1. The first-order valence-electron chi connectivity index (χ1n) is 8.77. The van der Waals surface area contributed by atoms with E-state index in [1.807, 2.05) is 0 Å². The van der Waals surface area contributed by atoms with Gasteiger partial charge in [-0.25, -0.2) is 0 Å². The van der Waals surface area contributed by atoms with Crippen molar-refractivity contribution in [1.82, 2.24) is 10.2 Å². The lowest BCUT2D eigenvalue weighted by atomic mass is 9.66. The number of piperidine rings is 1. The van der Waals surface area contributed by atoms with Crippen LogP contribution in [0.3, 0.4) is 0 Å². The van der Waals surface area contributed by atoms with Crippen molar-refractivity contribution < 1.29 is 19.5 Å². The average Bonchev–Trinajstić information content (AvgIpc) is 2.50. The van der Waals surface area contributed by atoms with Crippen LogP contribution >= 0.6 is 0 Å². The lowest BCUT2D eigenvalue weighted by molar-refractivity contribution is -0.160. The molecule has 0 bridgehead atoms. The van der Waals surface area contributed by atoms with Crippen molar-refractivity contribution in [1.29, 1.82) is 0 Å². The standard InChI is InChI=1S/C17H28N2O4/c1-2-3-9-18-15(21)13-6-4-10-19(12-13)14(20)11-17(16(22)23)7-5-8-17/h13H,2-12H2,1H3,(H,18,21)(H,22,23). The number of carbonyl (C=O) groups is 3. The molecular weight excluding hydrogens is 296 g/mol. The Morgan fingerprint density at radius 2 is 2.00 bits per heavy atom. The summed E-state index contributed by atoms with van der Waals surface area (Å²) in [6, 6.07) is 0. The second kappa shape index (κ2) is 7.79. The van der Waals surface area contributed by atoms with Gasteiger partial charge in [0.15, 0.2) is 0 Å². The summed E-state index contributed by atoms with van der Waals surface area (Å²) in [5.41, 5.74) is -0.854. The minimum atomic E-state index is -0.858. The molecule has 6 nitrogen and oxygen atoms in total. The van der Waals surface area contributed by atoms with Crippen LogP contribution in [0.4, 0.5) is 0 Å². The Hall–Kier alpha value is -1.59. The quantitative estimate of drug-likeness (QED) is 0.699. The van der Waals surface area contributed by atoms with E-state index in [1.165, 1.54) is 0 Å². The van der Waals surface area contributed by atoms with Crippen LogP contribution in [0.25, 0.3) is 0 Å². The van der Waals surface area contributed by atoms with E-state index in [-0.39, 0.29) is 24.2 Å². The van der Waals surface area contributed by atoms with Crippen molar-refractivity contribution in [2.75, 3.05) is 19.6 Å². The van der Waals surface area contributed by atoms with Crippen molar-refractivity contribution in [2.24, 2.45) is 11.3 Å². The van der Waals surface area contributed by atoms with Gasteiger partial charge in [-0.05, 0) is 32.1 Å². The second-order valence-electron chi connectivity index (χ2n) is 6.94. The van der Waals surface area contributed by atoms with Crippen LogP contribution in [-0.2, 0) is 14.4 Å². The van der Waals surface area contributed by atoms with Gasteiger partial charge in [-0.15, -0.1) is 0 Å². The maximum Gasteiger partial charge on any atom is 0.310 e. The molecule has 1 heterocycles. The molecule has 0 aromatic heterocycles. The van der Waals surface area contributed by atoms with Gasteiger partial charge in [0.2, 0.25) is 11.8 Å². The Morgan fingerprint density at radius 1 is 1.26 bits per heavy atom. The van der Waals surface area contributed by atoms with E-state index < -0.39 is 11.4 Å². The Balaban J connectivity index is 1.86. The molecule has 2 rings (SSSR count). The number of hydrogen-bond acceptors (Lipinski definition) is 3. The van der Waals surface area contributed by atoms with Gasteiger partial charge < -0.3 is 15.3 Å². The smallest absolute Gasteiger partial charge is 0.310 e. The second-order valence-corrected chi connectivity index (χ2v) is 6.94. The van der Waals surface area contributed by atoms with Gasteiger partial charge in [0.05, 0.1) is 11.3 Å². The van der Waals surface area contributed by atoms with E-state index >= 15 is 0 Å². The van der Waals surface area contributed by atoms with E-state index in [0.717, 1.165) is 32.1 Å². The van der Waals surface area contributed by atoms with E-state index in [2.05, 4.69) is 12.2 Å². The first-order chi connectivity index (χ1) is 11.0. The predicted molar refractivity (Wildman–Crippen MR) is 85.8 cm³/mol. The highest BCUT2D eigenvalue weighted by atomic mass is 16.4. The Labute approximate surface area is 137 Å². The van der Waals surface area contributed by atoms with Crippen LogP contribution < -0.4 is 5.32 Å². The van der Waals surface area contributed by atoms with Gasteiger partial charge in [-0.2, -0.15) is 0 Å². The lowest BCUT2D eigenvalue weighted by Gasteiger charge is -2.40. The van der Waals surface area contributed by atoms with Gasteiger partial charge in [0.1, 0.15) is 0 Å². The molecule has 1 aliphatic heterocycles. The fourth-order valence-electron chi connectivity index (χ4n) is 3.42. The topological polar surface area (TPSA) is 86.7 Å². The number of carboxylic acid groups (broad SMARTS) is 1. The molecule has 6 heteroatoms. The van der Waals surface area contributed by atoms with Crippen LogP contribution in [0.2, 0.25) is 0 Å². The van der Waals surface area contributed by atoms with Crippen molar-refractivity contribution in [3.63, 3.8) is 0 Å². The molecule has 0 radical (unpaired) electrons. The Kier molecular flexibility index (Phi) is 6.02. The third-order valence-corrected chi connectivity index (χ3v) is 5.23. The van der Waals surface area contributed by atoms with Crippen molar-refractivity contribution in [3.05, 3.63) is 0 Å². The van der Waals surface area contributed by atoms with Crippen LogP contribution in [0.15, 0.2) is 0 Å². The number of rotatable bonds is 7. The molecule has 0 spiro atoms. The average molecular weight is 324 g/mol. The van der Waals surface area contributed by atoms with Gasteiger partial charge in [-0.3, -0.25) is 14.4 Å². The zero-order chi connectivity index (χ0) is 16.9. The molecule has 1 saturated carbocycles. The van der Waals surface area contributed by atoms with Crippen molar-refractivity contribution in [3.8, 4) is 0 Å². The van der Waals surface area contributed by atoms with Gasteiger partial charge in [-0.1, -0.05) is 19.8 Å². The SMILES string of the molecule is CCCCNC(=O)C1CCCN(C(=O)CC2(C(=O)O)CCC2)C1. The molecule has 2 fully saturated rings. The Morgan fingerprint density at radius 3 is 2.57 bits per heavy atom. The number of nitrogens with one attached hydrogen (secondary N) is 1. The molecule has 1 aliphatic carbocycles. The van der Waals surface area contributed by atoms with E-state index in [0.29, 0.717) is 32.5 Å². The number of unbranched alkanes of at least 4 members (excludes halogenated alkanes) is 1. The highest BCUT2D eigenvalue weighted by Gasteiger charge is 2.47. The molecule has 2 aliphatic rings. The molecule has 0 aromatic rings. The van der Waals surface area contributed by atoms with E-state index in [1.54, 1.807) is 4.90 Å². The molecule has 2 amide bonds. The van der Waals surface area contributed by atoms with Gasteiger partial charge in [0, 0.05) is 26.1 Å². The zero-order valence-corrected chi connectivity index (χ0v) is 14.0. The van der Waals surface area contributed by atoms with E-state index in [9.17, 15) is 19.5 Å². The fourth-order valence-corrected chi connectivity index (χ4v) is 3.42. The monoisotopic (exact) mass is 324 g/mol. The summed E-state index contributed by atoms with van der Waals surface area (Å²) in [5, 5.41) is 12.3. The molecule has 1 saturated heterocycles. The number of carboxylic acids is 1. The van der Waals surface area contributed by atoms with E-state index in [4.69, 9.17) is 0 Å². The first-order valence-corrected chi connectivity index (χ1v) is 8.77. The Bertz CT molecular complexity index is 460. The highest BCUT2D eigenvalue weighted by molar-refractivity contribution is 5.86. The third-order valence-electron chi connectivity index (χ3n) is 5.23. The summed E-state index contributed by atoms with van der Waals surface area (Å²) in [5.74, 6) is -1.11. The van der Waals surface area contributed by atoms with Crippen LogP contribution in [0.5, 0.6) is 0 Å². The number of nitrogens with zero attached hydrogens (tertiary/aromatic N) is 1. The number of likely N-dealkylation sites (tertiary alicyclic amines) is 1. The number of carbonyl (C=O) groups excluding carboxylic acids is 2. The summed E-state index contributed by atoms with van der Waals surface area (Å²) < 4.78 is 0. The van der Waals surface area contributed by atoms with Gasteiger partial charge >= 0.3 is 5.97 Å². The number of amides is 2. The summed E-state index contributed by atoms with van der Waals surface area (Å²) in [6.45, 7) is 3.81. The minimum Gasteiger partial charge on any atom is -0.481 e. The first kappa shape index (κ1) is 17.8. The molecule has 2 N–H and O–H groups in total. The highest BCUT2D eigenvalue weighted by Crippen LogP contribution is 2.44. The fraction of sp³-hybridized carbons (Fsp3) is 0.824. The molecule has 23 heavy (non-hydrogen) atoms. The van der Waals surface area contributed by atoms with Crippen molar-refractivity contribution in [2.45, 2.75) is 58.3 Å². The summed E-state index contributed by atoms with van der Waals surface area (Å²) >= 11 is 0. The predicted octanol–water partition coefficient (Wildman–Crippen LogP) is 1.79.